The molecule has 94 valence electrons. The predicted molar refractivity (Wildman–Crippen MR) is 73.8 cm³/mol. The van der Waals surface area contributed by atoms with Crippen molar-refractivity contribution in [1.82, 2.24) is 15.5 Å². The predicted octanol–water partition coefficient (Wildman–Crippen LogP) is 1.79. The summed E-state index contributed by atoms with van der Waals surface area (Å²) in [4.78, 5) is 2.31. The quantitative estimate of drug-likeness (QED) is 0.844. The van der Waals surface area contributed by atoms with Gasteiger partial charge in [-0.1, -0.05) is 29.8 Å². The van der Waals surface area contributed by atoms with Crippen molar-refractivity contribution in [2.24, 2.45) is 0 Å². The van der Waals surface area contributed by atoms with Crippen molar-refractivity contribution in [3.8, 4) is 11.3 Å². The van der Waals surface area contributed by atoms with Gasteiger partial charge in [0.05, 0.1) is 5.69 Å². The highest BCUT2D eigenvalue weighted by molar-refractivity contribution is 5.63. The molecule has 2 heterocycles. The van der Waals surface area contributed by atoms with Gasteiger partial charge < -0.3 is 10.2 Å². The Kier molecular flexibility index (Phi) is 3.02. The number of H-pyrrole nitrogens is 1. The van der Waals surface area contributed by atoms with Crippen LogP contribution in [0, 0.1) is 6.92 Å². The fraction of sp³-hybridized carbons (Fsp3) is 0.357. The van der Waals surface area contributed by atoms with Gasteiger partial charge in [0.25, 0.3) is 0 Å². The molecule has 0 spiro atoms. The van der Waals surface area contributed by atoms with Gasteiger partial charge in [0, 0.05) is 32.2 Å². The van der Waals surface area contributed by atoms with Crippen molar-refractivity contribution >= 4 is 5.82 Å². The summed E-state index contributed by atoms with van der Waals surface area (Å²) in [5.41, 5.74) is 3.55. The number of hydrogen-bond acceptors (Lipinski definition) is 3. The molecule has 0 amide bonds. The lowest BCUT2D eigenvalue weighted by Gasteiger charge is -2.26. The fourth-order valence-electron chi connectivity index (χ4n) is 2.25. The zero-order chi connectivity index (χ0) is 12.4. The first-order valence-electron chi connectivity index (χ1n) is 6.41. The van der Waals surface area contributed by atoms with E-state index in [2.05, 4.69) is 57.7 Å². The van der Waals surface area contributed by atoms with Crippen LogP contribution in [0.5, 0.6) is 0 Å². The fourth-order valence-corrected chi connectivity index (χ4v) is 2.25. The third kappa shape index (κ3) is 2.24. The van der Waals surface area contributed by atoms with Crippen LogP contribution in [-0.2, 0) is 0 Å². The van der Waals surface area contributed by atoms with E-state index in [1.54, 1.807) is 0 Å². The number of benzene rings is 1. The molecule has 2 N–H and O–H groups in total. The van der Waals surface area contributed by atoms with E-state index in [-0.39, 0.29) is 0 Å². The number of aromatic amines is 1. The van der Waals surface area contributed by atoms with Crippen LogP contribution in [-0.4, -0.2) is 36.4 Å². The molecule has 1 aliphatic rings. The second-order valence-corrected chi connectivity index (χ2v) is 4.74. The number of aryl methyl sites for hydroxylation is 1. The summed E-state index contributed by atoms with van der Waals surface area (Å²) in [6, 6.07) is 10.6. The maximum atomic E-state index is 4.41. The first-order valence-corrected chi connectivity index (χ1v) is 6.41. The van der Waals surface area contributed by atoms with E-state index in [1.807, 2.05) is 0 Å². The molecule has 2 aromatic rings. The smallest absolute Gasteiger partial charge is 0.151 e. The minimum Gasteiger partial charge on any atom is -0.353 e. The van der Waals surface area contributed by atoms with Gasteiger partial charge >= 0.3 is 0 Å². The molecule has 1 aromatic heterocycles. The molecule has 0 unspecified atom stereocenters. The number of nitrogens with one attached hydrogen (secondary N) is 2. The SMILES string of the molecule is Cc1ccc(-c2cc(N3CCNCC3)n[nH]2)cc1. The monoisotopic (exact) mass is 242 g/mol. The molecule has 3 rings (SSSR count). The highest BCUT2D eigenvalue weighted by atomic mass is 15.3. The number of hydrogen-bond donors (Lipinski definition) is 2. The zero-order valence-electron chi connectivity index (χ0n) is 10.6. The summed E-state index contributed by atoms with van der Waals surface area (Å²) in [6.07, 6.45) is 0. The summed E-state index contributed by atoms with van der Waals surface area (Å²) in [6.45, 7) is 6.22. The van der Waals surface area contributed by atoms with Gasteiger partial charge in [0.1, 0.15) is 0 Å². The number of rotatable bonds is 2. The second-order valence-electron chi connectivity index (χ2n) is 4.74. The van der Waals surface area contributed by atoms with Crippen molar-refractivity contribution in [2.45, 2.75) is 6.92 Å². The molecular formula is C14H18N4. The molecule has 0 radical (unpaired) electrons. The Hall–Kier alpha value is -1.81. The van der Waals surface area contributed by atoms with Gasteiger partial charge in [-0.3, -0.25) is 5.10 Å². The molecule has 18 heavy (non-hydrogen) atoms. The van der Waals surface area contributed by atoms with Gasteiger partial charge in [0.15, 0.2) is 5.82 Å². The molecule has 0 atom stereocenters. The topological polar surface area (TPSA) is 44.0 Å². The first kappa shape index (κ1) is 11.3. The molecule has 1 aliphatic heterocycles. The van der Waals surface area contributed by atoms with E-state index in [4.69, 9.17) is 0 Å². The molecule has 0 saturated carbocycles. The minimum absolute atomic E-state index is 1.03. The summed E-state index contributed by atoms with van der Waals surface area (Å²) in [5.74, 6) is 1.05. The Balaban J connectivity index is 1.82. The number of anilines is 1. The standard InChI is InChI=1S/C14H18N4/c1-11-2-4-12(5-3-11)13-10-14(17-16-13)18-8-6-15-7-9-18/h2-5,10,15H,6-9H2,1H3,(H,16,17). The third-order valence-corrected chi connectivity index (χ3v) is 3.37. The lowest BCUT2D eigenvalue weighted by Crippen LogP contribution is -2.43. The van der Waals surface area contributed by atoms with Crippen LogP contribution in [0.15, 0.2) is 30.3 Å². The largest absolute Gasteiger partial charge is 0.353 e. The number of aromatic nitrogens is 2. The average Bonchev–Trinajstić information content (AvgIpc) is 2.90. The third-order valence-electron chi connectivity index (χ3n) is 3.37. The van der Waals surface area contributed by atoms with Crippen LogP contribution in [0.2, 0.25) is 0 Å². The maximum absolute atomic E-state index is 4.41. The Morgan fingerprint density at radius 3 is 2.56 bits per heavy atom. The zero-order valence-corrected chi connectivity index (χ0v) is 10.6. The number of piperazine rings is 1. The molecule has 4 heteroatoms. The van der Waals surface area contributed by atoms with Crippen LogP contribution >= 0.6 is 0 Å². The van der Waals surface area contributed by atoms with Crippen molar-refractivity contribution in [3.63, 3.8) is 0 Å². The Labute approximate surface area is 107 Å². The maximum Gasteiger partial charge on any atom is 0.151 e. The number of nitrogens with zero attached hydrogens (tertiary/aromatic N) is 2. The summed E-state index contributed by atoms with van der Waals surface area (Å²) < 4.78 is 0. The van der Waals surface area contributed by atoms with Crippen LogP contribution in [0.1, 0.15) is 5.56 Å². The summed E-state index contributed by atoms with van der Waals surface area (Å²) in [5, 5.41) is 10.9. The summed E-state index contributed by atoms with van der Waals surface area (Å²) in [7, 11) is 0. The Bertz CT molecular complexity index is 509. The normalized spacial score (nSPS) is 15.9. The van der Waals surface area contributed by atoms with Crippen LogP contribution in [0.25, 0.3) is 11.3 Å². The molecule has 1 fully saturated rings. The van der Waals surface area contributed by atoms with Crippen molar-refractivity contribution < 1.29 is 0 Å². The van der Waals surface area contributed by atoms with Crippen LogP contribution < -0.4 is 10.2 Å². The lowest BCUT2D eigenvalue weighted by molar-refractivity contribution is 0.584. The minimum atomic E-state index is 1.03. The van der Waals surface area contributed by atoms with Crippen molar-refractivity contribution in [1.29, 1.82) is 0 Å². The van der Waals surface area contributed by atoms with E-state index >= 15 is 0 Å². The molecular weight excluding hydrogens is 224 g/mol. The molecule has 4 nitrogen and oxygen atoms in total. The van der Waals surface area contributed by atoms with Gasteiger partial charge in [-0.05, 0) is 12.5 Å². The van der Waals surface area contributed by atoms with E-state index < -0.39 is 0 Å². The molecule has 0 bridgehead atoms. The van der Waals surface area contributed by atoms with Crippen LogP contribution in [0.4, 0.5) is 5.82 Å². The Morgan fingerprint density at radius 2 is 1.83 bits per heavy atom. The average molecular weight is 242 g/mol. The Morgan fingerprint density at radius 1 is 1.11 bits per heavy atom. The van der Waals surface area contributed by atoms with E-state index in [1.165, 1.54) is 11.1 Å². The van der Waals surface area contributed by atoms with Gasteiger partial charge in [0.2, 0.25) is 0 Å². The lowest BCUT2D eigenvalue weighted by atomic mass is 10.1. The first-order chi connectivity index (χ1) is 8.83. The van der Waals surface area contributed by atoms with Gasteiger partial charge in [-0.2, -0.15) is 5.10 Å². The second kappa shape index (κ2) is 4.82. The highest BCUT2D eigenvalue weighted by Crippen LogP contribution is 2.22. The van der Waals surface area contributed by atoms with Gasteiger partial charge in [-0.25, -0.2) is 0 Å². The molecule has 1 aromatic carbocycles. The highest BCUT2D eigenvalue weighted by Gasteiger charge is 2.13. The molecule has 0 aliphatic carbocycles. The van der Waals surface area contributed by atoms with Crippen molar-refractivity contribution in [3.05, 3.63) is 35.9 Å². The van der Waals surface area contributed by atoms with E-state index in [0.29, 0.717) is 0 Å². The van der Waals surface area contributed by atoms with E-state index in [9.17, 15) is 0 Å². The molecule has 1 saturated heterocycles. The van der Waals surface area contributed by atoms with E-state index in [0.717, 1.165) is 37.7 Å². The van der Waals surface area contributed by atoms with Gasteiger partial charge in [-0.15, -0.1) is 0 Å². The van der Waals surface area contributed by atoms with Crippen molar-refractivity contribution in [2.75, 3.05) is 31.1 Å². The summed E-state index contributed by atoms with van der Waals surface area (Å²) >= 11 is 0. The van der Waals surface area contributed by atoms with Crippen LogP contribution in [0.3, 0.4) is 0 Å².